The Labute approximate surface area is 122 Å². The van der Waals surface area contributed by atoms with E-state index in [4.69, 9.17) is 0 Å². The first-order valence-electron chi connectivity index (χ1n) is 7.28. The van der Waals surface area contributed by atoms with Crippen LogP contribution in [0.2, 0.25) is 0 Å². The lowest BCUT2D eigenvalue weighted by Gasteiger charge is -2.35. The van der Waals surface area contributed by atoms with Crippen molar-refractivity contribution in [2.24, 2.45) is 5.92 Å². The molecule has 0 saturated heterocycles. The minimum Gasteiger partial charge on any atom is -0.388 e. The summed E-state index contributed by atoms with van der Waals surface area (Å²) >= 11 is 0. The third kappa shape index (κ3) is 3.22. The molecule has 1 aliphatic rings. The molecule has 2 atom stereocenters. The zero-order valence-electron chi connectivity index (χ0n) is 12.6. The molecular formula is C14H22F3N3O. The molecule has 0 amide bonds. The second-order valence-electron chi connectivity index (χ2n) is 6.68. The summed E-state index contributed by atoms with van der Waals surface area (Å²) in [5.74, 6) is -1.37. The summed E-state index contributed by atoms with van der Waals surface area (Å²) in [5.41, 5.74) is -0.468. The minimum atomic E-state index is -4.22. The van der Waals surface area contributed by atoms with Crippen LogP contribution < -0.4 is 0 Å². The second kappa shape index (κ2) is 5.59. The van der Waals surface area contributed by atoms with Crippen LogP contribution >= 0.6 is 0 Å². The maximum absolute atomic E-state index is 13.3. The van der Waals surface area contributed by atoms with E-state index in [1.807, 2.05) is 20.8 Å². The quantitative estimate of drug-likeness (QED) is 0.911. The molecule has 120 valence electrons. The van der Waals surface area contributed by atoms with Gasteiger partial charge in [-0.1, -0.05) is 12.8 Å². The highest BCUT2D eigenvalue weighted by Gasteiger charge is 2.48. The molecule has 1 heterocycles. The van der Waals surface area contributed by atoms with Gasteiger partial charge in [-0.3, -0.25) is 0 Å². The van der Waals surface area contributed by atoms with Crippen molar-refractivity contribution in [1.29, 1.82) is 0 Å². The third-order valence-electron chi connectivity index (χ3n) is 4.09. The minimum absolute atomic E-state index is 0.139. The Bertz CT molecular complexity index is 491. The lowest BCUT2D eigenvalue weighted by atomic mass is 9.78. The Hall–Kier alpha value is -1.11. The Balaban J connectivity index is 2.47. The van der Waals surface area contributed by atoms with E-state index in [2.05, 4.69) is 10.2 Å². The molecule has 0 aromatic carbocycles. The summed E-state index contributed by atoms with van der Waals surface area (Å²) in [5, 5.41) is 17.3. The van der Waals surface area contributed by atoms with Gasteiger partial charge in [0.25, 0.3) is 0 Å². The fourth-order valence-corrected chi connectivity index (χ4v) is 3.24. The van der Waals surface area contributed by atoms with Crippen LogP contribution in [0.5, 0.6) is 0 Å². The summed E-state index contributed by atoms with van der Waals surface area (Å²) in [6, 6.07) is 0. The number of hydrogen-bond acceptors (Lipinski definition) is 3. The molecule has 1 aromatic rings. The monoisotopic (exact) mass is 305 g/mol. The molecule has 2 unspecified atom stereocenters. The Kier molecular flexibility index (Phi) is 4.33. The van der Waals surface area contributed by atoms with Crippen molar-refractivity contribution in [3.8, 4) is 0 Å². The number of aliphatic hydroxyl groups excluding tert-OH is 1. The molecule has 0 aliphatic heterocycles. The van der Waals surface area contributed by atoms with E-state index in [9.17, 15) is 18.3 Å². The van der Waals surface area contributed by atoms with Crippen LogP contribution in [0.3, 0.4) is 0 Å². The van der Waals surface area contributed by atoms with Gasteiger partial charge < -0.3 is 9.67 Å². The predicted molar refractivity (Wildman–Crippen MR) is 71.7 cm³/mol. The molecule has 1 fully saturated rings. The summed E-state index contributed by atoms with van der Waals surface area (Å²) < 4.78 is 41.5. The van der Waals surface area contributed by atoms with E-state index in [0.717, 1.165) is 6.42 Å². The van der Waals surface area contributed by atoms with Crippen molar-refractivity contribution >= 4 is 0 Å². The molecule has 1 saturated carbocycles. The first-order valence-corrected chi connectivity index (χ1v) is 7.28. The standard InChI is InChI=1S/C14H22F3N3O/c1-13(2,3)20-11(8-21)18-19-12(20)9-6-4-5-7-10(9)14(15,16)17/h9-10,21H,4-8H2,1-3H3. The van der Waals surface area contributed by atoms with Gasteiger partial charge in [0.1, 0.15) is 12.4 Å². The topological polar surface area (TPSA) is 50.9 Å². The Morgan fingerprint density at radius 3 is 2.29 bits per heavy atom. The number of alkyl halides is 3. The smallest absolute Gasteiger partial charge is 0.388 e. The van der Waals surface area contributed by atoms with Crippen LogP contribution in [0.15, 0.2) is 0 Å². The average molecular weight is 305 g/mol. The third-order valence-corrected chi connectivity index (χ3v) is 4.09. The Morgan fingerprint density at radius 1 is 1.14 bits per heavy atom. The molecule has 1 N–H and O–H groups in total. The zero-order chi connectivity index (χ0) is 15.8. The molecule has 21 heavy (non-hydrogen) atoms. The van der Waals surface area contributed by atoms with Crippen molar-refractivity contribution < 1.29 is 18.3 Å². The molecule has 2 rings (SSSR count). The molecule has 0 bridgehead atoms. The maximum Gasteiger partial charge on any atom is 0.392 e. The van der Waals surface area contributed by atoms with Gasteiger partial charge in [0.15, 0.2) is 5.82 Å². The van der Waals surface area contributed by atoms with E-state index in [-0.39, 0.29) is 13.0 Å². The fourth-order valence-electron chi connectivity index (χ4n) is 3.24. The Morgan fingerprint density at radius 2 is 1.76 bits per heavy atom. The van der Waals surface area contributed by atoms with Crippen molar-refractivity contribution in [3.63, 3.8) is 0 Å². The molecule has 0 spiro atoms. The van der Waals surface area contributed by atoms with Crippen LogP contribution in [-0.2, 0) is 12.1 Å². The molecule has 1 aromatic heterocycles. The molecular weight excluding hydrogens is 283 g/mol. The number of rotatable bonds is 2. The second-order valence-corrected chi connectivity index (χ2v) is 6.68. The number of aliphatic hydroxyl groups is 1. The van der Waals surface area contributed by atoms with Gasteiger partial charge in [-0.2, -0.15) is 13.2 Å². The van der Waals surface area contributed by atoms with Crippen molar-refractivity contribution in [2.45, 2.75) is 70.7 Å². The van der Waals surface area contributed by atoms with Crippen molar-refractivity contribution in [2.75, 3.05) is 0 Å². The number of aromatic nitrogens is 3. The van der Waals surface area contributed by atoms with Crippen LogP contribution in [-0.4, -0.2) is 26.0 Å². The van der Waals surface area contributed by atoms with Gasteiger partial charge in [-0.25, -0.2) is 0 Å². The van der Waals surface area contributed by atoms with Crippen LogP contribution in [0.1, 0.15) is 64.0 Å². The first kappa shape index (κ1) is 16.3. The van der Waals surface area contributed by atoms with Gasteiger partial charge in [0.05, 0.1) is 5.92 Å². The highest BCUT2D eigenvalue weighted by Crippen LogP contribution is 2.46. The van der Waals surface area contributed by atoms with Gasteiger partial charge in [-0.05, 0) is 33.6 Å². The molecule has 4 nitrogen and oxygen atoms in total. The van der Waals surface area contributed by atoms with Gasteiger partial charge in [0, 0.05) is 11.5 Å². The van der Waals surface area contributed by atoms with Crippen molar-refractivity contribution in [1.82, 2.24) is 14.8 Å². The normalized spacial score (nSPS) is 24.3. The SMILES string of the molecule is CC(C)(C)n1c(CO)nnc1C1CCCCC1C(F)(F)F. The number of nitrogens with zero attached hydrogens (tertiary/aromatic N) is 3. The van der Waals surface area contributed by atoms with Crippen LogP contribution in [0.4, 0.5) is 13.2 Å². The van der Waals surface area contributed by atoms with Gasteiger partial charge in [-0.15, -0.1) is 10.2 Å². The number of halogens is 3. The van der Waals surface area contributed by atoms with E-state index in [0.29, 0.717) is 24.5 Å². The summed E-state index contributed by atoms with van der Waals surface area (Å²) in [6.07, 6.45) is -2.26. The van der Waals surface area contributed by atoms with Gasteiger partial charge in [0.2, 0.25) is 0 Å². The summed E-state index contributed by atoms with van der Waals surface area (Å²) in [4.78, 5) is 0. The van der Waals surface area contributed by atoms with Crippen LogP contribution in [0, 0.1) is 5.92 Å². The lowest BCUT2D eigenvalue weighted by Crippen LogP contribution is -2.35. The molecule has 0 radical (unpaired) electrons. The fraction of sp³-hybridized carbons (Fsp3) is 0.857. The highest BCUT2D eigenvalue weighted by atomic mass is 19.4. The van der Waals surface area contributed by atoms with E-state index < -0.39 is 23.6 Å². The average Bonchev–Trinajstić information content (AvgIpc) is 2.81. The highest BCUT2D eigenvalue weighted by molar-refractivity contribution is 5.09. The van der Waals surface area contributed by atoms with E-state index >= 15 is 0 Å². The van der Waals surface area contributed by atoms with Gasteiger partial charge >= 0.3 is 6.18 Å². The predicted octanol–water partition coefficient (Wildman–Crippen LogP) is 3.36. The summed E-state index contributed by atoms with van der Waals surface area (Å²) in [6.45, 7) is 5.31. The number of hydrogen-bond donors (Lipinski definition) is 1. The lowest BCUT2D eigenvalue weighted by molar-refractivity contribution is -0.188. The van der Waals surface area contributed by atoms with Crippen molar-refractivity contribution in [3.05, 3.63) is 11.6 Å². The molecule has 1 aliphatic carbocycles. The van der Waals surface area contributed by atoms with Crippen LogP contribution in [0.25, 0.3) is 0 Å². The largest absolute Gasteiger partial charge is 0.392 e. The van der Waals surface area contributed by atoms with E-state index in [1.54, 1.807) is 4.57 Å². The zero-order valence-corrected chi connectivity index (χ0v) is 12.6. The maximum atomic E-state index is 13.3. The summed E-state index contributed by atoms with van der Waals surface area (Å²) in [7, 11) is 0. The molecule has 7 heteroatoms. The first-order chi connectivity index (χ1) is 9.66. The van der Waals surface area contributed by atoms with E-state index in [1.165, 1.54) is 0 Å².